The molecule has 0 N–H and O–H groups in total. The first kappa shape index (κ1) is 12.8. The van der Waals surface area contributed by atoms with Gasteiger partial charge < -0.3 is 9.64 Å². The maximum atomic E-state index is 11.8. The molecule has 0 radical (unpaired) electrons. The smallest absolute Gasteiger partial charge is 0.410 e. The second kappa shape index (κ2) is 4.55. The van der Waals surface area contributed by atoms with Crippen LogP contribution in [0.2, 0.25) is 0 Å². The number of ether oxygens (including phenoxy) is 1. The molecule has 1 aromatic heterocycles. The van der Waals surface area contributed by atoms with Crippen LogP contribution in [0.1, 0.15) is 38.1 Å². The summed E-state index contributed by atoms with van der Waals surface area (Å²) in [5.74, 6) is 0.284. The van der Waals surface area contributed by atoms with Crippen molar-refractivity contribution in [1.82, 2.24) is 14.9 Å². The van der Waals surface area contributed by atoms with E-state index in [9.17, 15) is 4.79 Å². The molecule has 0 spiro atoms. The van der Waals surface area contributed by atoms with Crippen molar-refractivity contribution in [3.63, 3.8) is 0 Å². The molecule has 5 heteroatoms. The van der Waals surface area contributed by atoms with Crippen LogP contribution < -0.4 is 0 Å². The highest BCUT2D eigenvalue weighted by molar-refractivity contribution is 5.69. The molecular weight excluding hydrogens is 230 g/mol. The highest BCUT2D eigenvalue weighted by atomic mass is 16.6. The van der Waals surface area contributed by atoms with Crippen molar-refractivity contribution in [2.24, 2.45) is 0 Å². The molecule has 1 aliphatic rings. The zero-order valence-corrected chi connectivity index (χ0v) is 11.3. The van der Waals surface area contributed by atoms with Gasteiger partial charge in [-0.25, -0.2) is 4.79 Å². The molecule has 1 amide bonds. The molecule has 0 bridgehead atoms. The predicted octanol–water partition coefficient (Wildman–Crippen LogP) is 2.12. The molecule has 5 nitrogen and oxygen atoms in total. The molecule has 0 saturated carbocycles. The summed E-state index contributed by atoms with van der Waals surface area (Å²) in [6.45, 7) is 8.88. The van der Waals surface area contributed by atoms with E-state index in [-0.39, 0.29) is 12.0 Å². The van der Waals surface area contributed by atoms with E-state index in [1.807, 2.05) is 27.7 Å². The van der Waals surface area contributed by atoms with Crippen molar-refractivity contribution >= 4 is 6.09 Å². The number of carbonyl (C=O) groups excluding carboxylic acids is 1. The van der Waals surface area contributed by atoms with Crippen LogP contribution in [0.25, 0.3) is 0 Å². The molecule has 2 rings (SSSR count). The Morgan fingerprint density at radius 2 is 1.94 bits per heavy atom. The lowest BCUT2D eigenvalue weighted by Gasteiger charge is -2.39. The Hall–Kier alpha value is -1.65. The molecule has 1 fully saturated rings. The van der Waals surface area contributed by atoms with E-state index < -0.39 is 5.60 Å². The van der Waals surface area contributed by atoms with Gasteiger partial charge in [0.05, 0.1) is 11.4 Å². The van der Waals surface area contributed by atoms with Crippen LogP contribution in [0.5, 0.6) is 0 Å². The number of amides is 1. The Morgan fingerprint density at radius 1 is 1.33 bits per heavy atom. The highest BCUT2D eigenvalue weighted by Crippen LogP contribution is 2.28. The van der Waals surface area contributed by atoms with Crippen LogP contribution in [0.4, 0.5) is 4.79 Å². The predicted molar refractivity (Wildman–Crippen MR) is 67.3 cm³/mol. The van der Waals surface area contributed by atoms with E-state index in [4.69, 9.17) is 4.74 Å². The van der Waals surface area contributed by atoms with E-state index >= 15 is 0 Å². The molecule has 1 aromatic rings. The maximum absolute atomic E-state index is 11.8. The Labute approximate surface area is 107 Å². The second-order valence-corrected chi connectivity index (χ2v) is 5.61. The minimum atomic E-state index is -0.440. The average Bonchev–Trinajstić information content (AvgIpc) is 2.15. The van der Waals surface area contributed by atoms with Crippen LogP contribution in [0.3, 0.4) is 0 Å². The summed E-state index contributed by atoms with van der Waals surface area (Å²) in [4.78, 5) is 22.0. The van der Waals surface area contributed by atoms with Crippen molar-refractivity contribution in [3.05, 3.63) is 23.8 Å². The highest BCUT2D eigenvalue weighted by Gasteiger charge is 2.36. The largest absolute Gasteiger partial charge is 0.444 e. The van der Waals surface area contributed by atoms with Crippen molar-refractivity contribution in [3.8, 4) is 0 Å². The average molecular weight is 249 g/mol. The van der Waals surface area contributed by atoms with Gasteiger partial charge in [-0.3, -0.25) is 9.97 Å². The minimum absolute atomic E-state index is 0.250. The minimum Gasteiger partial charge on any atom is -0.444 e. The van der Waals surface area contributed by atoms with E-state index in [2.05, 4.69) is 9.97 Å². The zero-order valence-electron chi connectivity index (χ0n) is 11.3. The summed E-state index contributed by atoms with van der Waals surface area (Å²) >= 11 is 0. The summed E-state index contributed by atoms with van der Waals surface area (Å²) in [5.41, 5.74) is 1.48. The number of aromatic nitrogens is 2. The lowest BCUT2D eigenvalue weighted by Crippen LogP contribution is -2.50. The van der Waals surface area contributed by atoms with Crippen molar-refractivity contribution in [1.29, 1.82) is 0 Å². The van der Waals surface area contributed by atoms with Gasteiger partial charge in [0.2, 0.25) is 0 Å². The van der Waals surface area contributed by atoms with E-state index in [1.54, 1.807) is 17.3 Å². The number of hydrogen-bond donors (Lipinski definition) is 0. The Bertz CT molecular complexity index is 448. The van der Waals surface area contributed by atoms with Gasteiger partial charge in [0.25, 0.3) is 0 Å². The first-order valence-corrected chi connectivity index (χ1v) is 6.12. The van der Waals surface area contributed by atoms with E-state index in [0.717, 1.165) is 11.4 Å². The molecule has 18 heavy (non-hydrogen) atoms. The summed E-state index contributed by atoms with van der Waals surface area (Å²) in [6, 6.07) is 0. The van der Waals surface area contributed by atoms with Crippen molar-refractivity contribution in [2.45, 2.75) is 39.2 Å². The molecule has 0 aliphatic carbocycles. The molecule has 2 heterocycles. The van der Waals surface area contributed by atoms with Gasteiger partial charge in [-0.05, 0) is 27.7 Å². The van der Waals surface area contributed by atoms with Gasteiger partial charge in [-0.2, -0.15) is 0 Å². The fraction of sp³-hybridized carbons (Fsp3) is 0.615. The maximum Gasteiger partial charge on any atom is 0.410 e. The van der Waals surface area contributed by atoms with Gasteiger partial charge >= 0.3 is 6.09 Å². The Balaban J connectivity index is 1.91. The first-order chi connectivity index (χ1) is 8.37. The second-order valence-electron chi connectivity index (χ2n) is 5.61. The molecule has 0 unspecified atom stereocenters. The number of rotatable bonds is 1. The van der Waals surface area contributed by atoms with Crippen LogP contribution in [-0.2, 0) is 4.74 Å². The zero-order chi connectivity index (χ0) is 13.3. The van der Waals surface area contributed by atoms with E-state index in [1.165, 1.54) is 0 Å². The van der Waals surface area contributed by atoms with Gasteiger partial charge in [0.15, 0.2) is 0 Å². The topological polar surface area (TPSA) is 55.3 Å². The Morgan fingerprint density at radius 3 is 2.50 bits per heavy atom. The lowest BCUT2D eigenvalue weighted by molar-refractivity contribution is 0.00778. The quantitative estimate of drug-likeness (QED) is 0.765. The SMILES string of the molecule is Cc1nccnc1C1CN(C(=O)OC(C)(C)C)C1. The van der Waals surface area contributed by atoms with Gasteiger partial charge in [-0.15, -0.1) is 0 Å². The first-order valence-electron chi connectivity index (χ1n) is 6.12. The standard InChI is InChI=1S/C13H19N3O2/c1-9-11(15-6-5-14-9)10-7-16(8-10)12(17)18-13(2,3)4/h5-6,10H,7-8H2,1-4H3. The normalized spacial score (nSPS) is 16.3. The third-order valence-electron chi connectivity index (χ3n) is 2.84. The molecular formula is C13H19N3O2. The van der Waals surface area contributed by atoms with Gasteiger partial charge in [0, 0.05) is 31.4 Å². The molecule has 0 aromatic carbocycles. The Kier molecular flexibility index (Phi) is 3.24. The summed E-state index contributed by atoms with van der Waals surface area (Å²) in [7, 11) is 0. The number of carbonyl (C=O) groups is 1. The summed E-state index contributed by atoms with van der Waals surface area (Å²) in [5, 5.41) is 0. The van der Waals surface area contributed by atoms with Gasteiger partial charge in [-0.1, -0.05) is 0 Å². The number of hydrogen-bond acceptors (Lipinski definition) is 4. The van der Waals surface area contributed by atoms with Crippen molar-refractivity contribution < 1.29 is 9.53 Å². The number of aryl methyl sites for hydroxylation is 1. The van der Waals surface area contributed by atoms with Crippen LogP contribution in [0, 0.1) is 6.92 Å². The molecule has 1 saturated heterocycles. The summed E-state index contributed by atoms with van der Waals surface area (Å²) in [6.07, 6.45) is 3.13. The lowest BCUT2D eigenvalue weighted by atomic mass is 9.95. The fourth-order valence-corrected chi connectivity index (χ4v) is 1.95. The molecule has 0 atom stereocenters. The number of likely N-dealkylation sites (tertiary alicyclic amines) is 1. The number of nitrogens with zero attached hydrogens (tertiary/aromatic N) is 3. The van der Waals surface area contributed by atoms with Crippen LogP contribution in [-0.4, -0.2) is 39.7 Å². The molecule has 1 aliphatic heterocycles. The summed E-state index contributed by atoms with van der Waals surface area (Å²) < 4.78 is 5.31. The fourth-order valence-electron chi connectivity index (χ4n) is 1.95. The van der Waals surface area contributed by atoms with E-state index in [0.29, 0.717) is 13.1 Å². The van der Waals surface area contributed by atoms with Crippen molar-refractivity contribution in [2.75, 3.05) is 13.1 Å². The monoisotopic (exact) mass is 249 g/mol. The van der Waals surface area contributed by atoms with Crippen LogP contribution in [0.15, 0.2) is 12.4 Å². The molecule has 98 valence electrons. The van der Waals surface area contributed by atoms with Crippen LogP contribution >= 0.6 is 0 Å². The third-order valence-corrected chi connectivity index (χ3v) is 2.84. The third kappa shape index (κ3) is 2.78. The van der Waals surface area contributed by atoms with Gasteiger partial charge in [0.1, 0.15) is 5.60 Å².